The Bertz CT molecular complexity index is 728. The van der Waals surface area contributed by atoms with Gasteiger partial charge in [0.15, 0.2) is 5.82 Å². The van der Waals surface area contributed by atoms with Crippen molar-refractivity contribution in [1.29, 1.82) is 0 Å². The van der Waals surface area contributed by atoms with Crippen LogP contribution in [-0.4, -0.2) is 22.5 Å². The lowest BCUT2D eigenvalue weighted by molar-refractivity contribution is -0.274. The summed E-state index contributed by atoms with van der Waals surface area (Å²) in [5.41, 5.74) is 5.24. The maximum Gasteiger partial charge on any atom is 0.573 e. The Kier molecular flexibility index (Phi) is 4.63. The monoisotopic (exact) mass is 357 g/mol. The maximum absolute atomic E-state index is 12.0. The summed E-state index contributed by atoms with van der Waals surface area (Å²) >= 11 is 0. The number of hydrogen-bond acceptors (Lipinski definition) is 6. The van der Waals surface area contributed by atoms with Gasteiger partial charge in [-0.1, -0.05) is 5.16 Å². The molecule has 0 radical (unpaired) electrons. The van der Waals surface area contributed by atoms with Crippen LogP contribution in [0.1, 0.15) is 30.5 Å². The second-order valence-corrected chi connectivity index (χ2v) is 5.33. The second kappa shape index (κ2) is 6.87. The number of carbonyl (C=O) groups excluding carboxylic acids is 1. The molecule has 134 valence electrons. The van der Waals surface area contributed by atoms with Gasteiger partial charge < -0.3 is 14.6 Å². The van der Waals surface area contributed by atoms with Crippen molar-refractivity contribution in [1.82, 2.24) is 20.9 Å². The molecule has 25 heavy (non-hydrogen) atoms. The molecule has 0 saturated heterocycles. The number of anilines is 1. The Morgan fingerprint density at radius 2 is 2.00 bits per heavy atom. The van der Waals surface area contributed by atoms with E-state index in [0.717, 1.165) is 25.0 Å². The van der Waals surface area contributed by atoms with Crippen molar-refractivity contribution in [2.45, 2.75) is 31.7 Å². The first-order valence-corrected chi connectivity index (χ1v) is 7.37. The van der Waals surface area contributed by atoms with Crippen molar-refractivity contribution >= 4 is 11.7 Å². The minimum Gasteiger partial charge on any atom is -0.406 e. The van der Waals surface area contributed by atoms with E-state index in [9.17, 15) is 18.0 Å². The van der Waals surface area contributed by atoms with Crippen molar-refractivity contribution in [2.24, 2.45) is 0 Å². The Morgan fingerprint density at radius 1 is 1.28 bits per heavy atom. The normalized spacial score (nSPS) is 14.0. The van der Waals surface area contributed by atoms with Crippen LogP contribution >= 0.6 is 0 Å². The molecular formula is C14H14F3N5O3. The number of nitrogens with one attached hydrogen (secondary N) is 3. The number of rotatable bonds is 6. The molecule has 1 aliphatic carbocycles. The van der Waals surface area contributed by atoms with Gasteiger partial charge in [-0.15, -0.1) is 13.2 Å². The molecule has 1 aliphatic rings. The van der Waals surface area contributed by atoms with Gasteiger partial charge in [0.05, 0.1) is 12.2 Å². The van der Waals surface area contributed by atoms with Crippen molar-refractivity contribution in [2.75, 3.05) is 5.43 Å². The first-order valence-electron chi connectivity index (χ1n) is 7.37. The molecule has 1 aromatic carbocycles. The van der Waals surface area contributed by atoms with E-state index in [0.29, 0.717) is 23.3 Å². The molecule has 11 heteroatoms. The lowest BCUT2D eigenvalue weighted by atomic mass is 10.3. The zero-order valence-corrected chi connectivity index (χ0v) is 12.8. The van der Waals surface area contributed by atoms with E-state index in [1.165, 1.54) is 12.1 Å². The Labute approximate surface area is 139 Å². The van der Waals surface area contributed by atoms with E-state index in [1.807, 2.05) is 0 Å². The standard InChI is InChI=1S/C14H14F3N5O3/c15-14(16,17)24-10-5-3-9(4-6-10)20-21-13(23)18-7-11-19-12(22-25-11)8-1-2-8/h3-6,8,20H,1-2,7H2,(H2,18,21,23). The maximum atomic E-state index is 12.0. The molecule has 0 atom stereocenters. The van der Waals surface area contributed by atoms with E-state index >= 15 is 0 Å². The lowest BCUT2D eigenvalue weighted by Crippen LogP contribution is -2.38. The fourth-order valence-corrected chi connectivity index (χ4v) is 1.92. The minimum absolute atomic E-state index is 0.0611. The molecule has 1 fully saturated rings. The molecule has 0 spiro atoms. The minimum atomic E-state index is -4.75. The third-order valence-electron chi connectivity index (χ3n) is 3.23. The summed E-state index contributed by atoms with van der Waals surface area (Å²) in [6, 6.07) is 4.31. The predicted octanol–water partition coefficient (Wildman–Crippen LogP) is 2.67. The fraction of sp³-hybridized carbons (Fsp3) is 0.357. The van der Waals surface area contributed by atoms with Gasteiger partial charge in [-0.05, 0) is 37.1 Å². The number of carbonyl (C=O) groups is 1. The number of hydrogen-bond donors (Lipinski definition) is 3. The molecule has 1 heterocycles. The van der Waals surface area contributed by atoms with Crippen LogP contribution in [-0.2, 0) is 6.54 Å². The van der Waals surface area contributed by atoms with Crippen molar-refractivity contribution in [3.63, 3.8) is 0 Å². The first-order chi connectivity index (χ1) is 11.9. The molecule has 1 aromatic heterocycles. The number of aromatic nitrogens is 2. The average molecular weight is 357 g/mol. The Morgan fingerprint density at radius 3 is 2.64 bits per heavy atom. The van der Waals surface area contributed by atoms with Crippen LogP contribution in [0.25, 0.3) is 0 Å². The summed E-state index contributed by atoms with van der Waals surface area (Å²) in [6.45, 7) is 0.0611. The van der Waals surface area contributed by atoms with Crippen LogP contribution < -0.4 is 20.9 Å². The summed E-state index contributed by atoms with van der Waals surface area (Å²) in [7, 11) is 0. The molecule has 2 aromatic rings. The number of urea groups is 1. The van der Waals surface area contributed by atoms with Gasteiger partial charge >= 0.3 is 12.4 Å². The van der Waals surface area contributed by atoms with Gasteiger partial charge in [-0.3, -0.25) is 10.9 Å². The fourth-order valence-electron chi connectivity index (χ4n) is 1.92. The van der Waals surface area contributed by atoms with Gasteiger partial charge in [0, 0.05) is 5.92 Å². The lowest BCUT2D eigenvalue weighted by Gasteiger charge is -2.11. The molecule has 8 nitrogen and oxygen atoms in total. The van der Waals surface area contributed by atoms with Crippen LogP contribution in [0.2, 0.25) is 0 Å². The molecule has 0 bridgehead atoms. The Balaban J connectivity index is 1.40. The number of ether oxygens (including phenoxy) is 1. The van der Waals surface area contributed by atoms with Crippen LogP contribution in [0, 0.1) is 0 Å². The molecule has 2 amide bonds. The third-order valence-corrected chi connectivity index (χ3v) is 3.23. The zero-order chi connectivity index (χ0) is 17.9. The summed E-state index contributed by atoms with van der Waals surface area (Å²) in [6.07, 6.45) is -2.66. The van der Waals surface area contributed by atoms with Crippen LogP contribution in [0.4, 0.5) is 23.7 Å². The van der Waals surface area contributed by atoms with Crippen molar-refractivity contribution < 1.29 is 27.2 Å². The highest BCUT2D eigenvalue weighted by molar-refractivity contribution is 5.75. The highest BCUT2D eigenvalue weighted by atomic mass is 19.4. The van der Waals surface area contributed by atoms with Crippen LogP contribution in [0.15, 0.2) is 28.8 Å². The molecule has 0 unspecified atom stereocenters. The van der Waals surface area contributed by atoms with Crippen molar-refractivity contribution in [3.8, 4) is 5.75 Å². The van der Waals surface area contributed by atoms with Gasteiger partial charge in [0.2, 0.25) is 5.89 Å². The summed E-state index contributed by atoms with van der Waals surface area (Å²) < 4.78 is 44.9. The zero-order valence-electron chi connectivity index (χ0n) is 12.8. The highest BCUT2D eigenvalue weighted by Crippen LogP contribution is 2.38. The second-order valence-electron chi connectivity index (χ2n) is 5.33. The summed E-state index contributed by atoms with van der Waals surface area (Å²) in [5.74, 6) is 0.949. The van der Waals surface area contributed by atoms with E-state index < -0.39 is 12.4 Å². The number of benzene rings is 1. The van der Waals surface area contributed by atoms with Gasteiger partial charge in [-0.25, -0.2) is 4.79 Å². The quantitative estimate of drug-likeness (QED) is 0.687. The predicted molar refractivity (Wildman–Crippen MR) is 78.4 cm³/mol. The van der Waals surface area contributed by atoms with Crippen LogP contribution in [0.3, 0.4) is 0 Å². The molecule has 3 N–H and O–H groups in total. The molecule has 3 rings (SSSR count). The largest absolute Gasteiger partial charge is 0.573 e. The number of amides is 2. The number of nitrogens with zero attached hydrogens (tertiary/aromatic N) is 2. The number of alkyl halides is 3. The summed E-state index contributed by atoms with van der Waals surface area (Å²) in [5, 5.41) is 6.32. The molecule has 0 aliphatic heterocycles. The number of halogens is 3. The summed E-state index contributed by atoms with van der Waals surface area (Å²) in [4.78, 5) is 15.8. The van der Waals surface area contributed by atoms with Gasteiger partial charge in [0.1, 0.15) is 5.75 Å². The first kappa shape index (κ1) is 16.9. The third kappa shape index (κ3) is 5.26. The van der Waals surface area contributed by atoms with E-state index in [2.05, 4.69) is 31.0 Å². The topological polar surface area (TPSA) is 101 Å². The van der Waals surface area contributed by atoms with E-state index in [4.69, 9.17) is 4.52 Å². The molecular weight excluding hydrogens is 343 g/mol. The van der Waals surface area contributed by atoms with Gasteiger partial charge in [-0.2, -0.15) is 4.98 Å². The molecule has 1 saturated carbocycles. The van der Waals surface area contributed by atoms with Crippen molar-refractivity contribution in [3.05, 3.63) is 36.0 Å². The smallest absolute Gasteiger partial charge is 0.406 e. The van der Waals surface area contributed by atoms with Gasteiger partial charge in [0.25, 0.3) is 0 Å². The van der Waals surface area contributed by atoms with E-state index in [1.54, 1.807) is 0 Å². The highest BCUT2D eigenvalue weighted by Gasteiger charge is 2.31. The number of hydrazine groups is 1. The van der Waals surface area contributed by atoms with E-state index in [-0.39, 0.29) is 12.3 Å². The Hall–Kier alpha value is -2.98. The SMILES string of the molecule is O=C(NCc1nc(C2CC2)no1)NNc1ccc(OC(F)(F)F)cc1. The van der Waals surface area contributed by atoms with Crippen LogP contribution in [0.5, 0.6) is 5.75 Å². The average Bonchev–Trinajstić information content (AvgIpc) is 3.29.